The fourth-order valence-corrected chi connectivity index (χ4v) is 3.49. The molecule has 1 aromatic heterocycles. The molecule has 0 aliphatic carbocycles. The minimum absolute atomic E-state index is 0.189. The molecule has 0 saturated carbocycles. The molecule has 9 heteroatoms. The normalized spacial score (nSPS) is 12.2. The molecular weight excluding hydrogens is 369 g/mol. The van der Waals surface area contributed by atoms with Crippen molar-refractivity contribution in [2.75, 3.05) is 4.72 Å². The molecule has 1 heterocycles. The van der Waals surface area contributed by atoms with Crippen LogP contribution in [0.3, 0.4) is 0 Å². The zero-order valence-electron chi connectivity index (χ0n) is 13.4. The van der Waals surface area contributed by atoms with Crippen molar-refractivity contribution in [1.29, 1.82) is 0 Å². The predicted molar refractivity (Wildman–Crippen MR) is 90.4 cm³/mol. The largest absolute Gasteiger partial charge is 0.573 e. The molecule has 3 aromatic rings. The highest BCUT2D eigenvalue weighted by molar-refractivity contribution is 7.92. The number of alkyl halides is 3. The lowest BCUT2D eigenvalue weighted by molar-refractivity contribution is -0.274. The van der Waals surface area contributed by atoms with E-state index in [0.29, 0.717) is 22.3 Å². The third-order valence-electron chi connectivity index (χ3n) is 3.46. The first-order valence-corrected chi connectivity index (χ1v) is 8.87. The second-order valence-electron chi connectivity index (χ2n) is 5.45. The predicted octanol–water partition coefficient (Wildman–Crippen LogP) is 4.24. The van der Waals surface area contributed by atoms with E-state index in [1.807, 2.05) is 0 Å². The van der Waals surface area contributed by atoms with E-state index in [1.54, 1.807) is 37.3 Å². The summed E-state index contributed by atoms with van der Waals surface area (Å²) in [4.78, 5) is 4.14. The van der Waals surface area contributed by atoms with Crippen molar-refractivity contribution in [1.82, 2.24) is 4.98 Å². The van der Waals surface area contributed by atoms with E-state index in [2.05, 4.69) is 14.4 Å². The van der Waals surface area contributed by atoms with E-state index in [-0.39, 0.29) is 4.90 Å². The molecule has 0 spiro atoms. The Balaban J connectivity index is 1.92. The second-order valence-corrected chi connectivity index (χ2v) is 7.14. The van der Waals surface area contributed by atoms with Gasteiger partial charge in [-0.25, -0.2) is 8.42 Å². The van der Waals surface area contributed by atoms with Gasteiger partial charge in [-0.1, -0.05) is 18.2 Å². The lowest BCUT2D eigenvalue weighted by atomic mass is 10.2. The first-order chi connectivity index (χ1) is 12.1. The van der Waals surface area contributed by atoms with Crippen LogP contribution >= 0.6 is 0 Å². The van der Waals surface area contributed by atoms with Gasteiger partial charge in [-0.15, -0.1) is 13.2 Å². The van der Waals surface area contributed by atoms with Gasteiger partial charge in [0.25, 0.3) is 10.0 Å². The SMILES string of the molecule is Cc1cc(NS(=O)(=O)c2ccc(OC(F)(F)F)cc2)c2ccccc2n1. The van der Waals surface area contributed by atoms with E-state index >= 15 is 0 Å². The van der Waals surface area contributed by atoms with Gasteiger partial charge < -0.3 is 4.74 Å². The summed E-state index contributed by atoms with van der Waals surface area (Å²) >= 11 is 0. The molecule has 0 amide bonds. The van der Waals surface area contributed by atoms with Gasteiger partial charge in [0.15, 0.2) is 0 Å². The van der Waals surface area contributed by atoms with Crippen LogP contribution in [0.5, 0.6) is 5.75 Å². The van der Waals surface area contributed by atoms with Gasteiger partial charge in [0, 0.05) is 11.1 Å². The monoisotopic (exact) mass is 382 g/mol. The molecule has 0 aliphatic rings. The summed E-state index contributed by atoms with van der Waals surface area (Å²) in [6, 6.07) is 12.6. The van der Waals surface area contributed by atoms with Gasteiger partial charge in [-0.2, -0.15) is 0 Å². The number of ether oxygens (including phenoxy) is 1. The van der Waals surface area contributed by atoms with Crippen LogP contribution in [0, 0.1) is 6.92 Å². The molecule has 3 rings (SSSR count). The van der Waals surface area contributed by atoms with E-state index in [0.717, 1.165) is 24.3 Å². The fourth-order valence-electron chi connectivity index (χ4n) is 2.42. The summed E-state index contributed by atoms with van der Waals surface area (Å²) in [7, 11) is -4.00. The molecule has 136 valence electrons. The van der Waals surface area contributed by atoms with Crippen LogP contribution in [0.25, 0.3) is 10.9 Å². The third-order valence-corrected chi connectivity index (χ3v) is 4.84. The van der Waals surface area contributed by atoms with Gasteiger partial charge in [-0.05, 0) is 43.3 Å². The number of para-hydroxylation sites is 1. The van der Waals surface area contributed by atoms with Crippen LogP contribution in [-0.4, -0.2) is 19.8 Å². The van der Waals surface area contributed by atoms with Crippen molar-refractivity contribution < 1.29 is 26.3 Å². The molecule has 2 aromatic carbocycles. The van der Waals surface area contributed by atoms with Crippen LogP contribution < -0.4 is 9.46 Å². The molecular formula is C17H13F3N2O3S. The average molecular weight is 382 g/mol. The molecule has 0 unspecified atom stereocenters. The maximum Gasteiger partial charge on any atom is 0.573 e. The Morgan fingerprint density at radius 2 is 1.69 bits per heavy atom. The van der Waals surface area contributed by atoms with Crippen molar-refractivity contribution >= 4 is 26.6 Å². The van der Waals surface area contributed by atoms with Crippen LogP contribution in [0.15, 0.2) is 59.5 Å². The summed E-state index contributed by atoms with van der Waals surface area (Å²) in [5.41, 5.74) is 1.58. The Labute approximate surface area is 147 Å². The maximum atomic E-state index is 12.6. The molecule has 0 saturated heterocycles. The van der Waals surface area contributed by atoms with E-state index in [4.69, 9.17) is 0 Å². The number of benzene rings is 2. The number of halogens is 3. The highest BCUT2D eigenvalue weighted by Gasteiger charge is 2.31. The first-order valence-electron chi connectivity index (χ1n) is 7.39. The number of anilines is 1. The average Bonchev–Trinajstić information content (AvgIpc) is 2.53. The molecule has 0 aliphatic heterocycles. The Morgan fingerprint density at radius 3 is 2.35 bits per heavy atom. The van der Waals surface area contributed by atoms with E-state index < -0.39 is 22.1 Å². The molecule has 0 radical (unpaired) electrons. The molecule has 0 fully saturated rings. The fraction of sp³-hybridized carbons (Fsp3) is 0.118. The molecule has 0 bridgehead atoms. The smallest absolute Gasteiger partial charge is 0.406 e. The molecule has 0 atom stereocenters. The van der Waals surface area contributed by atoms with Crippen LogP contribution in [0.4, 0.5) is 18.9 Å². The summed E-state index contributed by atoms with van der Waals surface area (Å²) < 4.78 is 67.9. The summed E-state index contributed by atoms with van der Waals surface area (Å²) in [6.07, 6.45) is -4.84. The highest BCUT2D eigenvalue weighted by atomic mass is 32.2. The third kappa shape index (κ3) is 4.05. The number of hydrogen-bond donors (Lipinski definition) is 1. The van der Waals surface area contributed by atoms with Crippen molar-refractivity contribution in [3.8, 4) is 5.75 Å². The molecule has 26 heavy (non-hydrogen) atoms. The zero-order chi connectivity index (χ0) is 18.9. The minimum atomic E-state index is -4.84. The number of aromatic nitrogens is 1. The number of nitrogens with zero attached hydrogens (tertiary/aromatic N) is 1. The number of aryl methyl sites for hydroxylation is 1. The lowest BCUT2D eigenvalue weighted by Gasteiger charge is -2.12. The van der Waals surface area contributed by atoms with Gasteiger partial charge >= 0.3 is 6.36 Å². The van der Waals surface area contributed by atoms with Gasteiger partial charge in [-0.3, -0.25) is 9.71 Å². The molecule has 5 nitrogen and oxygen atoms in total. The number of pyridine rings is 1. The Hall–Kier alpha value is -2.81. The highest BCUT2D eigenvalue weighted by Crippen LogP contribution is 2.27. The van der Waals surface area contributed by atoms with Gasteiger partial charge in [0.2, 0.25) is 0 Å². The van der Waals surface area contributed by atoms with Gasteiger partial charge in [0.05, 0.1) is 16.1 Å². The zero-order valence-corrected chi connectivity index (χ0v) is 14.2. The first kappa shape index (κ1) is 18.0. The van der Waals surface area contributed by atoms with Crippen LogP contribution in [0.1, 0.15) is 5.69 Å². The number of nitrogens with one attached hydrogen (secondary N) is 1. The number of rotatable bonds is 4. The van der Waals surface area contributed by atoms with Crippen molar-refractivity contribution in [3.63, 3.8) is 0 Å². The van der Waals surface area contributed by atoms with Crippen LogP contribution in [0.2, 0.25) is 0 Å². The standard InChI is InChI=1S/C17H13F3N2O3S/c1-11-10-16(14-4-2-3-5-15(14)21-11)22-26(23,24)13-8-6-12(7-9-13)25-17(18,19)20/h2-10H,1H3,(H,21,22). The van der Waals surface area contributed by atoms with Gasteiger partial charge in [0.1, 0.15) is 5.75 Å². The summed E-state index contributed by atoms with van der Waals surface area (Å²) in [5, 5.41) is 0.610. The Kier molecular flexibility index (Phi) is 4.49. The minimum Gasteiger partial charge on any atom is -0.406 e. The Morgan fingerprint density at radius 1 is 1.04 bits per heavy atom. The van der Waals surface area contributed by atoms with E-state index in [9.17, 15) is 21.6 Å². The maximum absolute atomic E-state index is 12.6. The topological polar surface area (TPSA) is 68.3 Å². The van der Waals surface area contributed by atoms with Crippen molar-refractivity contribution in [3.05, 3.63) is 60.3 Å². The summed E-state index contributed by atoms with van der Waals surface area (Å²) in [6.45, 7) is 1.73. The van der Waals surface area contributed by atoms with Crippen molar-refractivity contribution in [2.24, 2.45) is 0 Å². The number of fused-ring (bicyclic) bond motifs is 1. The quantitative estimate of drug-likeness (QED) is 0.733. The van der Waals surface area contributed by atoms with Crippen molar-refractivity contribution in [2.45, 2.75) is 18.2 Å². The second kappa shape index (κ2) is 6.49. The summed E-state index contributed by atoms with van der Waals surface area (Å²) in [5.74, 6) is -0.498. The number of sulfonamides is 1. The lowest BCUT2D eigenvalue weighted by Crippen LogP contribution is -2.17. The van der Waals surface area contributed by atoms with Crippen LogP contribution in [-0.2, 0) is 10.0 Å². The Bertz CT molecular complexity index is 1050. The number of hydrogen-bond acceptors (Lipinski definition) is 4. The molecule has 1 N–H and O–H groups in total. The van der Waals surface area contributed by atoms with E-state index in [1.165, 1.54) is 0 Å².